The number of sulfonamides is 1. The van der Waals surface area contributed by atoms with E-state index >= 15 is 0 Å². The molecule has 0 radical (unpaired) electrons. The van der Waals surface area contributed by atoms with Gasteiger partial charge in [0, 0.05) is 18.4 Å². The summed E-state index contributed by atoms with van der Waals surface area (Å²) < 4.78 is 38.6. The summed E-state index contributed by atoms with van der Waals surface area (Å²) in [6.45, 7) is 0. The molecule has 0 amide bonds. The number of rotatable bonds is 6. The molecule has 1 saturated carbocycles. The maximum atomic E-state index is 12.5. The normalized spacial score (nSPS) is 20.8. The molecular weight excluding hydrogens is 342 g/mol. The largest absolute Gasteiger partial charge is 0.497 e. The highest BCUT2D eigenvalue weighted by atomic mass is 32.2. The summed E-state index contributed by atoms with van der Waals surface area (Å²) in [5.74, 6) is 1.13. The molecule has 1 aliphatic rings. The van der Waals surface area contributed by atoms with Crippen molar-refractivity contribution in [3.05, 3.63) is 42.9 Å². The lowest BCUT2D eigenvalue weighted by Gasteiger charge is -2.28. The molecule has 1 fully saturated rings. The van der Waals surface area contributed by atoms with Crippen molar-refractivity contribution in [2.24, 2.45) is 0 Å². The molecule has 3 rings (SSSR count). The van der Waals surface area contributed by atoms with Crippen LogP contribution in [-0.4, -0.2) is 37.6 Å². The average molecular weight is 363 g/mol. The van der Waals surface area contributed by atoms with E-state index in [0.717, 1.165) is 25.7 Å². The first kappa shape index (κ1) is 17.6. The second-order valence-electron chi connectivity index (χ2n) is 5.93. The first-order valence-electron chi connectivity index (χ1n) is 8.16. The highest BCUT2D eigenvalue weighted by molar-refractivity contribution is 7.89. The molecule has 1 N–H and O–H groups in total. The Morgan fingerprint density at radius 3 is 2.40 bits per heavy atom. The number of ether oxygens (including phenoxy) is 2. The third-order valence-electron chi connectivity index (χ3n) is 4.19. The van der Waals surface area contributed by atoms with Gasteiger partial charge < -0.3 is 9.47 Å². The summed E-state index contributed by atoms with van der Waals surface area (Å²) in [4.78, 5) is 8.31. The molecule has 1 aromatic carbocycles. The van der Waals surface area contributed by atoms with Crippen LogP contribution in [0.4, 0.5) is 0 Å². The Kier molecular flexibility index (Phi) is 5.50. The van der Waals surface area contributed by atoms with Crippen LogP contribution in [0.2, 0.25) is 0 Å². The Morgan fingerprint density at radius 1 is 1.08 bits per heavy atom. The molecule has 0 bridgehead atoms. The van der Waals surface area contributed by atoms with Gasteiger partial charge in [-0.1, -0.05) is 0 Å². The Bertz CT molecular complexity index is 773. The summed E-state index contributed by atoms with van der Waals surface area (Å²) in [6.07, 6.45) is 7.79. The van der Waals surface area contributed by atoms with Crippen LogP contribution in [-0.2, 0) is 10.0 Å². The molecule has 134 valence electrons. The zero-order valence-corrected chi connectivity index (χ0v) is 14.8. The SMILES string of the molecule is COc1ccc(S(=O)(=O)NC2CCC(Oc3cnccn3)CC2)cc1. The van der Waals surface area contributed by atoms with E-state index in [-0.39, 0.29) is 17.0 Å². The van der Waals surface area contributed by atoms with Crippen molar-refractivity contribution in [3.8, 4) is 11.6 Å². The second-order valence-corrected chi connectivity index (χ2v) is 7.65. The molecule has 2 aromatic rings. The van der Waals surface area contributed by atoms with Crippen LogP contribution < -0.4 is 14.2 Å². The molecule has 0 spiro atoms. The molecule has 25 heavy (non-hydrogen) atoms. The van der Waals surface area contributed by atoms with E-state index in [9.17, 15) is 8.42 Å². The summed E-state index contributed by atoms with van der Waals surface area (Å²) in [5, 5.41) is 0. The number of nitrogens with one attached hydrogen (secondary N) is 1. The van der Waals surface area contributed by atoms with Gasteiger partial charge in [0.1, 0.15) is 11.9 Å². The van der Waals surface area contributed by atoms with Crippen LogP contribution in [0.3, 0.4) is 0 Å². The Hall–Kier alpha value is -2.19. The zero-order chi connectivity index (χ0) is 17.7. The fourth-order valence-corrected chi connectivity index (χ4v) is 4.16. The van der Waals surface area contributed by atoms with Crippen molar-refractivity contribution >= 4 is 10.0 Å². The number of hydrogen-bond acceptors (Lipinski definition) is 6. The second kappa shape index (κ2) is 7.79. The summed E-state index contributed by atoms with van der Waals surface area (Å²) in [5.41, 5.74) is 0. The smallest absolute Gasteiger partial charge is 0.240 e. The number of benzene rings is 1. The summed E-state index contributed by atoms with van der Waals surface area (Å²) >= 11 is 0. The molecule has 0 aliphatic heterocycles. The number of aromatic nitrogens is 2. The Labute approximate surface area is 147 Å². The van der Waals surface area contributed by atoms with Crippen molar-refractivity contribution in [3.63, 3.8) is 0 Å². The lowest BCUT2D eigenvalue weighted by atomic mass is 9.94. The Balaban J connectivity index is 1.54. The Morgan fingerprint density at radius 2 is 1.80 bits per heavy atom. The van der Waals surface area contributed by atoms with Gasteiger partial charge in [0.05, 0.1) is 18.2 Å². The van der Waals surface area contributed by atoms with Gasteiger partial charge >= 0.3 is 0 Å². The lowest BCUT2D eigenvalue weighted by Crippen LogP contribution is -2.39. The number of methoxy groups -OCH3 is 1. The molecule has 1 heterocycles. The first-order valence-corrected chi connectivity index (χ1v) is 9.64. The molecule has 1 aliphatic carbocycles. The van der Waals surface area contributed by atoms with E-state index in [2.05, 4.69) is 14.7 Å². The maximum absolute atomic E-state index is 12.5. The third-order valence-corrected chi connectivity index (χ3v) is 5.73. The van der Waals surface area contributed by atoms with Crippen molar-refractivity contribution in [2.75, 3.05) is 7.11 Å². The van der Waals surface area contributed by atoms with Crippen molar-refractivity contribution in [2.45, 2.75) is 42.7 Å². The predicted octanol–water partition coefficient (Wildman–Crippen LogP) is 2.15. The zero-order valence-electron chi connectivity index (χ0n) is 14.0. The minimum atomic E-state index is -3.53. The van der Waals surface area contributed by atoms with Crippen LogP contribution in [0.5, 0.6) is 11.6 Å². The highest BCUT2D eigenvalue weighted by Crippen LogP contribution is 2.24. The maximum Gasteiger partial charge on any atom is 0.240 e. The predicted molar refractivity (Wildman–Crippen MR) is 92.0 cm³/mol. The van der Waals surface area contributed by atoms with E-state index in [1.807, 2.05) is 0 Å². The lowest BCUT2D eigenvalue weighted by molar-refractivity contribution is 0.138. The van der Waals surface area contributed by atoms with Gasteiger partial charge in [-0.25, -0.2) is 18.1 Å². The highest BCUT2D eigenvalue weighted by Gasteiger charge is 2.26. The van der Waals surface area contributed by atoms with Gasteiger partial charge in [-0.05, 0) is 49.9 Å². The van der Waals surface area contributed by atoms with Crippen LogP contribution >= 0.6 is 0 Å². The van der Waals surface area contributed by atoms with Gasteiger partial charge in [-0.2, -0.15) is 0 Å². The molecule has 1 aromatic heterocycles. The van der Waals surface area contributed by atoms with Crippen molar-refractivity contribution < 1.29 is 17.9 Å². The van der Waals surface area contributed by atoms with E-state index < -0.39 is 10.0 Å². The van der Waals surface area contributed by atoms with E-state index in [0.29, 0.717) is 11.6 Å². The monoisotopic (exact) mass is 363 g/mol. The molecule has 0 saturated heterocycles. The standard InChI is InChI=1S/C17H21N3O4S/c1-23-14-6-8-16(9-7-14)25(21,22)20-13-2-4-15(5-3-13)24-17-12-18-10-11-19-17/h6-13,15,20H,2-5H2,1H3. The van der Waals surface area contributed by atoms with E-state index in [1.54, 1.807) is 50.0 Å². The van der Waals surface area contributed by atoms with Gasteiger partial charge in [0.2, 0.25) is 15.9 Å². The quantitative estimate of drug-likeness (QED) is 0.846. The van der Waals surface area contributed by atoms with Crippen molar-refractivity contribution in [1.29, 1.82) is 0 Å². The van der Waals surface area contributed by atoms with Crippen LogP contribution in [0.15, 0.2) is 47.8 Å². The van der Waals surface area contributed by atoms with Gasteiger partial charge in [0.15, 0.2) is 0 Å². The van der Waals surface area contributed by atoms with Gasteiger partial charge in [0.25, 0.3) is 0 Å². The summed E-state index contributed by atoms with van der Waals surface area (Å²) in [7, 11) is -1.99. The third kappa shape index (κ3) is 4.67. The average Bonchev–Trinajstić information content (AvgIpc) is 2.64. The van der Waals surface area contributed by atoms with Crippen LogP contribution in [0, 0.1) is 0 Å². The van der Waals surface area contributed by atoms with Crippen LogP contribution in [0.25, 0.3) is 0 Å². The van der Waals surface area contributed by atoms with Crippen molar-refractivity contribution in [1.82, 2.24) is 14.7 Å². The first-order chi connectivity index (χ1) is 12.1. The fraction of sp³-hybridized carbons (Fsp3) is 0.412. The summed E-state index contributed by atoms with van der Waals surface area (Å²) in [6, 6.07) is 6.28. The minimum absolute atomic E-state index is 0.0402. The van der Waals surface area contributed by atoms with E-state index in [1.165, 1.54) is 0 Å². The van der Waals surface area contributed by atoms with E-state index in [4.69, 9.17) is 9.47 Å². The molecule has 0 atom stereocenters. The topological polar surface area (TPSA) is 90.4 Å². The molecule has 0 unspecified atom stereocenters. The van der Waals surface area contributed by atoms with Gasteiger partial charge in [-0.3, -0.25) is 4.98 Å². The number of hydrogen-bond donors (Lipinski definition) is 1. The van der Waals surface area contributed by atoms with Gasteiger partial charge in [-0.15, -0.1) is 0 Å². The minimum Gasteiger partial charge on any atom is -0.497 e. The molecular formula is C17H21N3O4S. The fourth-order valence-electron chi connectivity index (χ4n) is 2.86. The number of nitrogens with zero attached hydrogens (tertiary/aromatic N) is 2. The molecule has 7 nitrogen and oxygen atoms in total. The van der Waals surface area contributed by atoms with Crippen LogP contribution in [0.1, 0.15) is 25.7 Å². The molecule has 8 heteroatoms.